The zero-order chi connectivity index (χ0) is 31.5. The number of benzene rings is 1. The summed E-state index contributed by atoms with van der Waals surface area (Å²) in [5, 5.41) is 2.76. The van der Waals surface area contributed by atoms with Crippen LogP contribution in [0.15, 0.2) is 36.5 Å². The number of nitrogen functional groups attached to an aromatic ring is 2. The van der Waals surface area contributed by atoms with Crippen LogP contribution in [0.3, 0.4) is 0 Å². The molecule has 0 saturated carbocycles. The van der Waals surface area contributed by atoms with Gasteiger partial charge in [0.15, 0.2) is 0 Å². The van der Waals surface area contributed by atoms with Crippen LogP contribution < -0.4 is 16.8 Å². The molecule has 2 aromatic heterocycles. The molecule has 0 fully saturated rings. The van der Waals surface area contributed by atoms with Gasteiger partial charge in [-0.25, -0.2) is 24.5 Å². The van der Waals surface area contributed by atoms with Gasteiger partial charge in [-0.3, -0.25) is 4.79 Å². The molecule has 0 bridgehead atoms. The Bertz CT molecular complexity index is 1620. The molecule has 0 aliphatic carbocycles. The molecule has 226 valence electrons. The number of alkyl carbamates (subject to hydrolysis) is 1. The maximum Gasteiger partial charge on any atom is 0.417 e. The second-order valence-corrected chi connectivity index (χ2v) is 12.0. The van der Waals surface area contributed by atoms with E-state index in [2.05, 4.69) is 27.1 Å². The Morgan fingerprint density at radius 2 is 1.77 bits per heavy atom. The summed E-state index contributed by atoms with van der Waals surface area (Å²) in [7, 11) is 0. The molecule has 0 radical (unpaired) electrons. The number of carbonyl (C=O) groups is 3. The maximum absolute atomic E-state index is 13.6. The fourth-order valence-corrected chi connectivity index (χ4v) is 4.47. The van der Waals surface area contributed by atoms with Crippen LogP contribution >= 0.6 is 0 Å². The lowest BCUT2D eigenvalue weighted by Gasteiger charge is -2.29. The summed E-state index contributed by atoms with van der Waals surface area (Å²) in [6, 6.07) is 8.81. The first-order valence-corrected chi connectivity index (χ1v) is 13.9. The summed E-state index contributed by atoms with van der Waals surface area (Å²) >= 11 is 0. The third kappa shape index (κ3) is 7.82. The molecule has 4 rings (SSSR count). The average molecular weight is 588 g/mol. The number of nitrogens with one attached hydrogen (secondary N) is 1. The van der Waals surface area contributed by atoms with Gasteiger partial charge in [0.2, 0.25) is 5.95 Å². The minimum atomic E-state index is -0.766. The van der Waals surface area contributed by atoms with Crippen LogP contribution in [0.2, 0.25) is 0 Å². The summed E-state index contributed by atoms with van der Waals surface area (Å²) in [5.74, 6) is 5.69. The third-order valence-electron chi connectivity index (χ3n) is 6.15. The SMILES string of the molecule is CC(C)(C)OC(=O)NCCn1c(-c2nc(N)ncc2C#Cc2cccc(N)c2)cc2c1CCN(C(=O)OC(C)(C)C)C2=O. The first kappa shape index (κ1) is 30.9. The van der Waals surface area contributed by atoms with Crippen LogP contribution in [0.1, 0.15) is 68.7 Å². The number of carbonyl (C=O) groups excluding carboxylic acids is 3. The number of fused-ring (bicyclic) bond motifs is 1. The average Bonchev–Trinajstić information content (AvgIpc) is 3.25. The Hall–Kier alpha value is -5.05. The van der Waals surface area contributed by atoms with Crippen molar-refractivity contribution in [2.24, 2.45) is 0 Å². The van der Waals surface area contributed by atoms with E-state index in [1.165, 1.54) is 6.20 Å². The Labute approximate surface area is 250 Å². The fourth-order valence-electron chi connectivity index (χ4n) is 4.47. The van der Waals surface area contributed by atoms with Crippen LogP contribution in [0, 0.1) is 11.8 Å². The number of aromatic nitrogens is 3. The number of amides is 3. The van der Waals surface area contributed by atoms with Crippen molar-refractivity contribution in [2.75, 3.05) is 24.6 Å². The van der Waals surface area contributed by atoms with E-state index >= 15 is 0 Å². The smallest absolute Gasteiger partial charge is 0.417 e. The lowest BCUT2D eigenvalue weighted by atomic mass is 10.1. The van der Waals surface area contributed by atoms with Crippen LogP contribution in [-0.2, 0) is 22.4 Å². The van der Waals surface area contributed by atoms with Gasteiger partial charge in [0.1, 0.15) is 16.9 Å². The van der Waals surface area contributed by atoms with Crippen LogP contribution in [-0.4, -0.2) is 61.8 Å². The van der Waals surface area contributed by atoms with Crippen LogP contribution in [0.4, 0.5) is 21.2 Å². The number of hydrogen-bond donors (Lipinski definition) is 3. The van der Waals surface area contributed by atoms with Crippen molar-refractivity contribution in [3.05, 3.63) is 58.9 Å². The Kier molecular flexibility index (Phi) is 8.66. The molecule has 0 spiro atoms. The van der Waals surface area contributed by atoms with E-state index in [4.69, 9.17) is 20.9 Å². The lowest BCUT2D eigenvalue weighted by molar-refractivity contribution is 0.0231. The van der Waals surface area contributed by atoms with E-state index < -0.39 is 29.3 Å². The van der Waals surface area contributed by atoms with Crippen LogP contribution in [0.25, 0.3) is 11.4 Å². The summed E-state index contributed by atoms with van der Waals surface area (Å²) in [6.45, 7) is 11.1. The van der Waals surface area contributed by atoms with E-state index in [1.54, 1.807) is 65.8 Å². The normalized spacial score (nSPS) is 13.1. The highest BCUT2D eigenvalue weighted by molar-refractivity contribution is 6.05. The molecular formula is C31H37N7O5. The van der Waals surface area contributed by atoms with Crippen LogP contribution in [0.5, 0.6) is 0 Å². The molecule has 0 unspecified atom stereocenters. The standard InChI is InChI=1S/C31H37N7O5/c1-30(2,3)42-28(40)34-13-15-37-23-12-14-38(29(41)43-31(4,5)6)26(39)22(23)17-24(37)25-20(18-35-27(33)36-25)11-10-19-8-7-9-21(32)16-19/h7-9,16-18H,12-15,32H2,1-6H3,(H,34,40)(H2,33,35,36). The van der Waals surface area contributed by atoms with Gasteiger partial charge in [0, 0.05) is 49.2 Å². The lowest BCUT2D eigenvalue weighted by Crippen LogP contribution is -2.44. The van der Waals surface area contributed by atoms with Crippen molar-refractivity contribution >= 4 is 29.7 Å². The van der Waals surface area contributed by atoms with Crippen molar-refractivity contribution < 1.29 is 23.9 Å². The zero-order valence-electron chi connectivity index (χ0n) is 25.3. The summed E-state index contributed by atoms with van der Waals surface area (Å²) in [5.41, 5.74) is 14.1. The predicted molar refractivity (Wildman–Crippen MR) is 162 cm³/mol. The third-order valence-corrected chi connectivity index (χ3v) is 6.15. The molecular weight excluding hydrogens is 550 g/mol. The second kappa shape index (κ2) is 12.1. The largest absolute Gasteiger partial charge is 0.444 e. The van der Waals surface area contributed by atoms with Gasteiger partial charge in [-0.1, -0.05) is 17.9 Å². The van der Waals surface area contributed by atoms with Crippen molar-refractivity contribution in [3.63, 3.8) is 0 Å². The van der Waals surface area contributed by atoms with E-state index in [9.17, 15) is 14.4 Å². The molecule has 1 aliphatic heterocycles. The molecule has 1 aromatic carbocycles. The van der Waals surface area contributed by atoms with Gasteiger partial charge in [-0.05, 0) is 65.8 Å². The molecule has 3 heterocycles. The predicted octanol–water partition coefficient (Wildman–Crippen LogP) is 3.97. The highest BCUT2D eigenvalue weighted by Gasteiger charge is 2.35. The molecule has 0 atom stereocenters. The number of imide groups is 1. The second-order valence-electron chi connectivity index (χ2n) is 12.0. The molecule has 12 nitrogen and oxygen atoms in total. The molecule has 1 aliphatic rings. The topological polar surface area (TPSA) is 168 Å². The zero-order valence-corrected chi connectivity index (χ0v) is 25.3. The summed E-state index contributed by atoms with van der Waals surface area (Å²) in [6.07, 6.45) is 0.588. The molecule has 0 saturated heterocycles. The summed E-state index contributed by atoms with van der Waals surface area (Å²) in [4.78, 5) is 48.5. The van der Waals surface area contributed by atoms with Gasteiger partial charge in [-0.15, -0.1) is 0 Å². The van der Waals surface area contributed by atoms with E-state index in [-0.39, 0.29) is 25.6 Å². The number of rotatable bonds is 4. The minimum absolute atomic E-state index is 0.0174. The van der Waals surface area contributed by atoms with Gasteiger partial charge in [0.25, 0.3) is 5.91 Å². The first-order valence-electron chi connectivity index (χ1n) is 13.9. The van der Waals surface area contributed by atoms with E-state index in [0.717, 1.165) is 4.90 Å². The molecule has 43 heavy (non-hydrogen) atoms. The number of nitrogens with zero attached hydrogens (tertiary/aromatic N) is 4. The van der Waals surface area contributed by atoms with Crippen molar-refractivity contribution in [1.29, 1.82) is 0 Å². The quantitative estimate of drug-likeness (QED) is 0.302. The molecule has 3 aromatic rings. The Balaban J connectivity index is 1.76. The monoisotopic (exact) mass is 587 g/mol. The molecule has 5 N–H and O–H groups in total. The fraction of sp³-hybridized carbons (Fsp3) is 0.387. The van der Waals surface area contributed by atoms with Gasteiger partial charge >= 0.3 is 12.2 Å². The van der Waals surface area contributed by atoms with E-state index in [1.807, 2.05) is 10.6 Å². The Morgan fingerprint density at radius 1 is 1.05 bits per heavy atom. The van der Waals surface area contributed by atoms with Crippen molar-refractivity contribution in [3.8, 4) is 23.2 Å². The van der Waals surface area contributed by atoms with E-state index in [0.29, 0.717) is 45.9 Å². The highest BCUT2D eigenvalue weighted by Crippen LogP contribution is 2.31. The van der Waals surface area contributed by atoms with Gasteiger partial charge in [-0.2, -0.15) is 0 Å². The van der Waals surface area contributed by atoms with Gasteiger partial charge < -0.3 is 30.8 Å². The van der Waals surface area contributed by atoms with Gasteiger partial charge in [0.05, 0.1) is 16.8 Å². The molecule has 3 amide bonds. The molecule has 12 heteroatoms. The van der Waals surface area contributed by atoms with Crippen molar-refractivity contribution in [1.82, 2.24) is 24.8 Å². The number of ether oxygens (including phenoxy) is 2. The number of hydrogen-bond acceptors (Lipinski definition) is 9. The Morgan fingerprint density at radius 3 is 2.44 bits per heavy atom. The number of anilines is 2. The van der Waals surface area contributed by atoms with Crippen molar-refractivity contribution in [2.45, 2.75) is 65.7 Å². The highest BCUT2D eigenvalue weighted by atomic mass is 16.6. The minimum Gasteiger partial charge on any atom is -0.444 e. The maximum atomic E-state index is 13.6. The first-order chi connectivity index (χ1) is 20.1. The number of nitrogens with two attached hydrogens (primary N) is 2. The summed E-state index contributed by atoms with van der Waals surface area (Å²) < 4.78 is 12.7.